The van der Waals surface area contributed by atoms with E-state index in [0.717, 1.165) is 23.9 Å². The molecule has 0 radical (unpaired) electrons. The first kappa shape index (κ1) is 15.7. The Morgan fingerprint density at radius 1 is 1.04 bits per heavy atom. The largest absolute Gasteiger partial charge is 0.444 e. The van der Waals surface area contributed by atoms with Crippen LogP contribution in [-0.4, -0.2) is 15.9 Å². The zero-order valence-corrected chi connectivity index (χ0v) is 12.0. The van der Waals surface area contributed by atoms with Crippen LogP contribution in [0.4, 0.5) is 18.9 Å². The lowest BCUT2D eigenvalue weighted by atomic mass is 10.1. The summed E-state index contributed by atoms with van der Waals surface area (Å²) < 4.78 is 42.5. The monoisotopic (exact) mass is 333 g/mol. The minimum atomic E-state index is -4.54. The number of hydrogen-bond donors (Lipinski definition) is 1. The summed E-state index contributed by atoms with van der Waals surface area (Å²) in [5, 5.41) is 2.58. The van der Waals surface area contributed by atoms with Crippen LogP contribution in [0.15, 0.2) is 59.6 Å². The van der Waals surface area contributed by atoms with Crippen LogP contribution in [0.5, 0.6) is 0 Å². The summed E-state index contributed by atoms with van der Waals surface area (Å²) in [7, 11) is 0. The Balaban J connectivity index is 1.70. The molecule has 122 valence electrons. The molecule has 0 bridgehead atoms. The van der Waals surface area contributed by atoms with Crippen LogP contribution >= 0.6 is 0 Å². The molecule has 0 atom stereocenters. The van der Waals surface area contributed by atoms with E-state index in [1.807, 2.05) is 0 Å². The Morgan fingerprint density at radius 2 is 1.79 bits per heavy atom. The number of nitrogens with zero attached hydrogens (tertiary/aromatic N) is 2. The van der Waals surface area contributed by atoms with Crippen molar-refractivity contribution < 1.29 is 22.4 Å². The number of halogens is 3. The summed E-state index contributed by atoms with van der Waals surface area (Å²) >= 11 is 0. The molecule has 3 rings (SSSR count). The number of amides is 1. The molecule has 1 N–H and O–H groups in total. The molecule has 1 aromatic carbocycles. The van der Waals surface area contributed by atoms with E-state index in [2.05, 4.69) is 15.3 Å². The van der Waals surface area contributed by atoms with Crippen LogP contribution in [0.25, 0.3) is 11.3 Å². The second-order valence-corrected chi connectivity index (χ2v) is 4.83. The van der Waals surface area contributed by atoms with Gasteiger partial charge in [-0.25, -0.2) is 4.98 Å². The van der Waals surface area contributed by atoms with Gasteiger partial charge in [0.2, 0.25) is 0 Å². The first-order chi connectivity index (χ1) is 11.4. The van der Waals surface area contributed by atoms with Crippen molar-refractivity contribution in [3.8, 4) is 11.3 Å². The Kier molecular flexibility index (Phi) is 4.03. The predicted molar refractivity (Wildman–Crippen MR) is 79.1 cm³/mol. The average Bonchev–Trinajstić information content (AvgIpc) is 3.09. The third-order valence-electron chi connectivity index (χ3n) is 3.18. The van der Waals surface area contributed by atoms with Gasteiger partial charge in [0.15, 0.2) is 12.2 Å². The van der Waals surface area contributed by atoms with E-state index in [4.69, 9.17) is 4.42 Å². The molecule has 2 heterocycles. The number of nitrogens with one attached hydrogen (secondary N) is 1. The predicted octanol–water partition coefficient (Wildman–Crippen LogP) is 4.01. The van der Waals surface area contributed by atoms with Gasteiger partial charge in [-0.1, -0.05) is 0 Å². The second kappa shape index (κ2) is 6.15. The van der Waals surface area contributed by atoms with E-state index in [1.54, 1.807) is 30.5 Å². The Hall–Kier alpha value is -3.16. The maximum atomic E-state index is 12.4. The van der Waals surface area contributed by atoms with Crippen LogP contribution in [0.2, 0.25) is 0 Å². The van der Waals surface area contributed by atoms with Crippen molar-refractivity contribution in [2.75, 3.05) is 5.32 Å². The van der Waals surface area contributed by atoms with E-state index < -0.39 is 17.8 Å². The topological polar surface area (TPSA) is 68.0 Å². The molecule has 24 heavy (non-hydrogen) atoms. The highest BCUT2D eigenvalue weighted by molar-refractivity contribution is 6.04. The van der Waals surface area contributed by atoms with Crippen LogP contribution in [-0.2, 0) is 6.18 Å². The van der Waals surface area contributed by atoms with Crippen molar-refractivity contribution in [2.24, 2.45) is 0 Å². The zero-order valence-electron chi connectivity index (χ0n) is 12.0. The Labute approximate surface area is 134 Å². The maximum Gasteiger partial charge on any atom is 0.433 e. The minimum Gasteiger partial charge on any atom is -0.444 e. The van der Waals surface area contributed by atoms with Gasteiger partial charge >= 0.3 is 6.18 Å². The fourth-order valence-corrected chi connectivity index (χ4v) is 1.98. The van der Waals surface area contributed by atoms with Gasteiger partial charge in [0.05, 0.1) is 11.8 Å². The summed E-state index contributed by atoms with van der Waals surface area (Å²) in [6, 6.07) is 8.58. The number of carbonyl (C=O) groups is 1. The molecule has 2 aromatic heterocycles. The molecule has 0 fully saturated rings. The Bertz CT molecular complexity index is 827. The molecule has 0 saturated heterocycles. The van der Waals surface area contributed by atoms with Gasteiger partial charge in [-0.2, -0.15) is 13.2 Å². The summed E-state index contributed by atoms with van der Waals surface area (Å²) in [6.45, 7) is 0. The van der Waals surface area contributed by atoms with Crippen LogP contribution in [0.3, 0.4) is 0 Å². The number of pyridine rings is 1. The SMILES string of the molecule is O=C(Nc1ccc(-c2cnco2)cc1)c1ccc(C(F)(F)F)nc1. The molecule has 0 saturated carbocycles. The van der Waals surface area contributed by atoms with Crippen LogP contribution in [0, 0.1) is 0 Å². The number of hydrogen-bond acceptors (Lipinski definition) is 4. The van der Waals surface area contributed by atoms with Crippen molar-refractivity contribution in [2.45, 2.75) is 6.18 Å². The number of anilines is 1. The van der Waals surface area contributed by atoms with E-state index in [-0.39, 0.29) is 5.56 Å². The molecule has 8 heteroatoms. The highest BCUT2D eigenvalue weighted by Crippen LogP contribution is 2.27. The summed E-state index contributed by atoms with van der Waals surface area (Å²) in [4.78, 5) is 19.1. The lowest BCUT2D eigenvalue weighted by Crippen LogP contribution is -2.14. The molecule has 1 amide bonds. The van der Waals surface area contributed by atoms with Gasteiger partial charge in [-0.05, 0) is 36.4 Å². The smallest absolute Gasteiger partial charge is 0.433 e. The number of benzene rings is 1. The quantitative estimate of drug-likeness (QED) is 0.786. The maximum absolute atomic E-state index is 12.4. The van der Waals surface area contributed by atoms with E-state index >= 15 is 0 Å². The van der Waals surface area contributed by atoms with Gasteiger partial charge in [0.1, 0.15) is 5.69 Å². The van der Waals surface area contributed by atoms with Gasteiger partial charge in [-0.15, -0.1) is 0 Å². The van der Waals surface area contributed by atoms with Crippen LogP contribution in [0.1, 0.15) is 16.1 Å². The number of aromatic nitrogens is 2. The summed E-state index contributed by atoms with van der Waals surface area (Å²) in [5.74, 6) is 0.0310. The molecule has 5 nitrogen and oxygen atoms in total. The number of alkyl halides is 3. The first-order valence-electron chi connectivity index (χ1n) is 6.77. The number of oxazole rings is 1. The Morgan fingerprint density at radius 3 is 2.33 bits per heavy atom. The molecule has 3 aromatic rings. The summed E-state index contributed by atoms with van der Waals surface area (Å²) in [6.07, 6.45) is -0.781. The van der Waals surface area contributed by atoms with Crippen molar-refractivity contribution in [1.82, 2.24) is 9.97 Å². The molecule has 0 unspecified atom stereocenters. The standard InChI is InChI=1S/C16H10F3N3O2/c17-16(18,19)14-6-3-11(7-21-14)15(23)22-12-4-1-10(2-5-12)13-8-20-9-24-13/h1-9H,(H,22,23). The zero-order chi connectivity index (χ0) is 17.2. The van der Waals surface area contributed by atoms with Gasteiger partial charge in [0.25, 0.3) is 5.91 Å². The van der Waals surface area contributed by atoms with Crippen molar-refractivity contribution in [3.05, 3.63) is 66.4 Å². The van der Waals surface area contributed by atoms with Crippen molar-refractivity contribution >= 4 is 11.6 Å². The normalized spacial score (nSPS) is 11.3. The number of carbonyl (C=O) groups excluding carboxylic acids is 1. The average molecular weight is 333 g/mol. The minimum absolute atomic E-state index is 0.0299. The molecule has 0 aliphatic rings. The summed E-state index contributed by atoms with van der Waals surface area (Å²) in [5.41, 5.74) is 0.252. The van der Waals surface area contributed by atoms with E-state index in [1.165, 1.54) is 6.39 Å². The third kappa shape index (κ3) is 3.43. The lowest BCUT2D eigenvalue weighted by molar-refractivity contribution is -0.141. The molecular formula is C16H10F3N3O2. The van der Waals surface area contributed by atoms with E-state index in [0.29, 0.717) is 11.4 Å². The molecule has 0 spiro atoms. The highest BCUT2D eigenvalue weighted by Gasteiger charge is 2.32. The third-order valence-corrected chi connectivity index (χ3v) is 3.18. The first-order valence-corrected chi connectivity index (χ1v) is 6.77. The van der Waals surface area contributed by atoms with E-state index in [9.17, 15) is 18.0 Å². The van der Waals surface area contributed by atoms with Gasteiger partial charge in [-0.3, -0.25) is 9.78 Å². The lowest BCUT2D eigenvalue weighted by Gasteiger charge is -2.08. The number of rotatable bonds is 3. The fraction of sp³-hybridized carbons (Fsp3) is 0.0625. The van der Waals surface area contributed by atoms with Crippen molar-refractivity contribution in [3.63, 3.8) is 0 Å². The second-order valence-electron chi connectivity index (χ2n) is 4.83. The molecule has 0 aliphatic heterocycles. The highest BCUT2D eigenvalue weighted by atomic mass is 19.4. The van der Waals surface area contributed by atoms with Crippen molar-refractivity contribution in [1.29, 1.82) is 0 Å². The van der Waals surface area contributed by atoms with Gasteiger partial charge in [0, 0.05) is 17.4 Å². The van der Waals surface area contributed by atoms with Gasteiger partial charge < -0.3 is 9.73 Å². The molecule has 0 aliphatic carbocycles. The molecular weight excluding hydrogens is 323 g/mol. The fourth-order valence-electron chi connectivity index (χ4n) is 1.98. The van der Waals surface area contributed by atoms with Crippen LogP contribution < -0.4 is 5.32 Å².